The fourth-order valence-corrected chi connectivity index (χ4v) is 2.66. The Hall–Kier alpha value is -2.66. The van der Waals surface area contributed by atoms with Crippen LogP contribution in [0.1, 0.15) is 5.56 Å². The summed E-state index contributed by atoms with van der Waals surface area (Å²) in [6.45, 7) is 0. The standard InChI is InChI=1S/C12H8N4O3S/c1-20(18,19)8-2-3-9-10(4-8)16-11(15-12(9)17)7(5-13)6-14-16/h2-4,6H,1H3,(H,15,17). The quantitative estimate of drug-likeness (QED) is 0.699. The van der Waals surface area contributed by atoms with E-state index < -0.39 is 15.4 Å². The second kappa shape index (κ2) is 3.91. The molecule has 20 heavy (non-hydrogen) atoms. The highest BCUT2D eigenvalue weighted by molar-refractivity contribution is 7.90. The number of H-pyrrole nitrogens is 1. The van der Waals surface area contributed by atoms with Crippen molar-refractivity contribution < 1.29 is 8.42 Å². The Bertz CT molecular complexity index is 1050. The highest BCUT2D eigenvalue weighted by Gasteiger charge is 2.13. The Kier molecular flexibility index (Phi) is 2.42. The van der Waals surface area contributed by atoms with E-state index in [1.807, 2.05) is 6.07 Å². The van der Waals surface area contributed by atoms with Gasteiger partial charge in [-0.05, 0) is 18.2 Å². The zero-order valence-corrected chi connectivity index (χ0v) is 11.1. The molecule has 1 N–H and O–H groups in total. The first kappa shape index (κ1) is 12.4. The van der Waals surface area contributed by atoms with E-state index in [2.05, 4.69) is 10.1 Å². The molecule has 0 amide bonds. The second-order valence-electron chi connectivity index (χ2n) is 4.34. The van der Waals surface area contributed by atoms with Crippen LogP contribution in [-0.4, -0.2) is 29.3 Å². The van der Waals surface area contributed by atoms with Crippen molar-refractivity contribution >= 4 is 26.4 Å². The van der Waals surface area contributed by atoms with Crippen LogP contribution in [0.15, 0.2) is 34.1 Å². The normalized spacial score (nSPS) is 11.8. The van der Waals surface area contributed by atoms with Gasteiger partial charge in [-0.15, -0.1) is 0 Å². The van der Waals surface area contributed by atoms with E-state index in [0.717, 1.165) is 6.26 Å². The summed E-state index contributed by atoms with van der Waals surface area (Å²) in [4.78, 5) is 14.6. The van der Waals surface area contributed by atoms with E-state index in [1.165, 1.54) is 28.9 Å². The van der Waals surface area contributed by atoms with E-state index in [-0.39, 0.29) is 16.1 Å². The first-order valence-electron chi connectivity index (χ1n) is 5.56. The smallest absolute Gasteiger partial charge is 0.259 e. The van der Waals surface area contributed by atoms with Crippen molar-refractivity contribution in [2.24, 2.45) is 0 Å². The first-order valence-corrected chi connectivity index (χ1v) is 7.45. The highest BCUT2D eigenvalue weighted by atomic mass is 32.2. The van der Waals surface area contributed by atoms with Gasteiger partial charge in [0.25, 0.3) is 5.56 Å². The number of aromatic nitrogens is 3. The molecule has 1 aromatic carbocycles. The van der Waals surface area contributed by atoms with Gasteiger partial charge in [-0.3, -0.25) is 4.79 Å². The lowest BCUT2D eigenvalue weighted by Gasteiger charge is -2.03. The number of hydrogen-bond acceptors (Lipinski definition) is 5. The number of nitrogens with zero attached hydrogens (tertiary/aromatic N) is 3. The molecule has 2 aromatic heterocycles. The molecule has 8 heteroatoms. The number of nitrogens with one attached hydrogen (secondary N) is 1. The lowest BCUT2D eigenvalue weighted by molar-refractivity contribution is 0.602. The van der Waals surface area contributed by atoms with E-state index in [9.17, 15) is 13.2 Å². The lowest BCUT2D eigenvalue weighted by atomic mass is 10.2. The van der Waals surface area contributed by atoms with Gasteiger partial charge in [-0.25, -0.2) is 12.9 Å². The summed E-state index contributed by atoms with van der Waals surface area (Å²) >= 11 is 0. The zero-order valence-electron chi connectivity index (χ0n) is 10.3. The number of aromatic amines is 1. The van der Waals surface area contributed by atoms with Gasteiger partial charge in [0.05, 0.1) is 22.0 Å². The molecule has 100 valence electrons. The Morgan fingerprint density at radius 1 is 1.40 bits per heavy atom. The summed E-state index contributed by atoms with van der Waals surface area (Å²) in [5.41, 5.74) is 0.405. The molecule has 3 aromatic rings. The lowest BCUT2D eigenvalue weighted by Crippen LogP contribution is -2.11. The predicted octanol–water partition coefficient (Wildman–Crippen LogP) is 0.451. The number of sulfone groups is 1. The predicted molar refractivity (Wildman–Crippen MR) is 71.1 cm³/mol. The van der Waals surface area contributed by atoms with Crippen LogP contribution < -0.4 is 5.56 Å². The minimum atomic E-state index is -3.39. The van der Waals surface area contributed by atoms with Crippen LogP contribution >= 0.6 is 0 Å². The maximum absolute atomic E-state index is 12.0. The second-order valence-corrected chi connectivity index (χ2v) is 6.35. The summed E-state index contributed by atoms with van der Waals surface area (Å²) in [7, 11) is -3.39. The number of benzene rings is 1. The molecule has 7 nitrogen and oxygen atoms in total. The van der Waals surface area contributed by atoms with Crippen LogP contribution in [0.4, 0.5) is 0 Å². The average Bonchev–Trinajstić information content (AvgIpc) is 2.80. The molecule has 2 heterocycles. The van der Waals surface area contributed by atoms with Crippen LogP contribution in [0.2, 0.25) is 0 Å². The summed E-state index contributed by atoms with van der Waals surface area (Å²) in [5.74, 6) is 0. The fraction of sp³-hybridized carbons (Fsp3) is 0.0833. The van der Waals surface area contributed by atoms with Gasteiger partial charge in [-0.2, -0.15) is 10.4 Å². The Labute approximate surface area is 113 Å². The first-order chi connectivity index (χ1) is 9.41. The van der Waals surface area contributed by atoms with E-state index in [4.69, 9.17) is 5.26 Å². The Morgan fingerprint density at radius 2 is 2.15 bits per heavy atom. The van der Waals surface area contributed by atoms with Crippen molar-refractivity contribution in [3.63, 3.8) is 0 Å². The van der Waals surface area contributed by atoms with Crippen molar-refractivity contribution in [2.75, 3.05) is 6.26 Å². The molecule has 0 radical (unpaired) electrons. The molecule has 0 aliphatic rings. The third-order valence-corrected chi connectivity index (χ3v) is 4.10. The van der Waals surface area contributed by atoms with Gasteiger partial charge < -0.3 is 4.98 Å². The largest absolute Gasteiger partial charge is 0.305 e. The molecule has 0 saturated heterocycles. The molecule has 0 bridgehead atoms. The van der Waals surface area contributed by atoms with Gasteiger partial charge >= 0.3 is 0 Å². The SMILES string of the molecule is CS(=O)(=O)c1ccc2c(=O)[nH]c3c(C#N)cnn3c2c1. The third kappa shape index (κ3) is 1.68. The molecule has 0 aliphatic heterocycles. The van der Waals surface area contributed by atoms with Gasteiger partial charge in [0.15, 0.2) is 15.5 Å². The van der Waals surface area contributed by atoms with E-state index in [1.54, 1.807) is 0 Å². The summed E-state index contributed by atoms with van der Waals surface area (Å²) in [6.07, 6.45) is 2.40. The van der Waals surface area contributed by atoms with Crippen LogP contribution in [-0.2, 0) is 9.84 Å². The highest BCUT2D eigenvalue weighted by Crippen LogP contribution is 2.18. The van der Waals surface area contributed by atoms with Gasteiger partial charge in [-0.1, -0.05) is 0 Å². The van der Waals surface area contributed by atoms with Crippen LogP contribution in [0, 0.1) is 11.3 Å². The molecule has 3 rings (SSSR count). The van der Waals surface area contributed by atoms with Crippen LogP contribution in [0.3, 0.4) is 0 Å². The summed E-state index contributed by atoms with van der Waals surface area (Å²) in [6, 6.07) is 6.09. The van der Waals surface area contributed by atoms with Crippen molar-refractivity contribution in [3.05, 3.63) is 40.3 Å². The van der Waals surface area contributed by atoms with Crippen molar-refractivity contribution in [2.45, 2.75) is 4.90 Å². The van der Waals surface area contributed by atoms with Crippen molar-refractivity contribution in [1.29, 1.82) is 5.26 Å². The Morgan fingerprint density at radius 3 is 2.80 bits per heavy atom. The number of nitriles is 1. The molecule has 0 fully saturated rings. The maximum Gasteiger partial charge on any atom is 0.259 e. The Balaban J connectivity index is 2.56. The van der Waals surface area contributed by atoms with Crippen molar-refractivity contribution in [1.82, 2.24) is 14.6 Å². The van der Waals surface area contributed by atoms with Crippen molar-refractivity contribution in [3.8, 4) is 6.07 Å². The molecule has 0 atom stereocenters. The minimum absolute atomic E-state index is 0.0888. The average molecular weight is 288 g/mol. The molecule has 0 unspecified atom stereocenters. The maximum atomic E-state index is 12.0. The van der Waals surface area contributed by atoms with E-state index >= 15 is 0 Å². The number of rotatable bonds is 1. The monoisotopic (exact) mass is 288 g/mol. The summed E-state index contributed by atoms with van der Waals surface area (Å²) in [5, 5.41) is 13.3. The van der Waals surface area contributed by atoms with E-state index in [0.29, 0.717) is 10.9 Å². The molecular weight excluding hydrogens is 280 g/mol. The van der Waals surface area contributed by atoms with Gasteiger partial charge in [0, 0.05) is 6.26 Å². The van der Waals surface area contributed by atoms with Crippen LogP contribution in [0.5, 0.6) is 0 Å². The zero-order chi connectivity index (χ0) is 14.5. The number of fused-ring (bicyclic) bond motifs is 3. The fourth-order valence-electron chi connectivity index (χ4n) is 2.02. The van der Waals surface area contributed by atoms with Gasteiger partial charge in [0.2, 0.25) is 0 Å². The molecule has 0 spiro atoms. The third-order valence-electron chi connectivity index (χ3n) is 2.99. The van der Waals surface area contributed by atoms with Gasteiger partial charge in [0.1, 0.15) is 11.6 Å². The van der Waals surface area contributed by atoms with Crippen LogP contribution in [0.25, 0.3) is 16.6 Å². The topological polar surface area (TPSA) is 108 Å². The molecule has 0 aliphatic carbocycles. The molecule has 0 saturated carbocycles. The minimum Gasteiger partial charge on any atom is -0.305 e. The summed E-state index contributed by atoms with van der Waals surface area (Å²) < 4.78 is 24.5. The molecular formula is C12H8N4O3S. The number of hydrogen-bond donors (Lipinski definition) is 1.